The number of anilines is 2. The molecule has 22 nitrogen and oxygen atoms in total. The Morgan fingerprint density at radius 2 is 0.913 bits per heavy atom. The number of carboxylic acids is 1. The molecular weight excluding hydrogens is 1460 g/mol. The Hall–Kier alpha value is -10.3. The predicted molar refractivity (Wildman–Crippen MR) is 402 cm³/mol. The lowest BCUT2D eigenvalue weighted by Gasteiger charge is -2.20. The first kappa shape index (κ1) is 89.8. The minimum atomic E-state index is -4.40. The van der Waals surface area contributed by atoms with E-state index in [4.69, 9.17) is 46.0 Å². The topological polar surface area (TPSA) is 345 Å². The maximum absolute atomic E-state index is 12.6. The Kier molecular flexibility index (Phi) is 38.8. The first-order valence-corrected chi connectivity index (χ1v) is 34.6. The second-order valence-corrected chi connectivity index (χ2v) is 25.0. The van der Waals surface area contributed by atoms with Gasteiger partial charge in [-0.1, -0.05) is 78.9 Å². The third-order valence-corrected chi connectivity index (χ3v) is 17.5. The van der Waals surface area contributed by atoms with Gasteiger partial charge in [-0.3, -0.25) is 44.2 Å². The van der Waals surface area contributed by atoms with E-state index in [0.717, 1.165) is 82.2 Å². The fraction of sp³-hybridized carbons (Fsp3) is 0.385. The van der Waals surface area contributed by atoms with Gasteiger partial charge in [0, 0.05) is 57.7 Å². The summed E-state index contributed by atoms with van der Waals surface area (Å²) in [5, 5.41) is 47.2. The molecule has 8 rings (SSSR count). The Labute approximate surface area is 620 Å². The fourth-order valence-corrected chi connectivity index (χ4v) is 10.1. The van der Waals surface area contributed by atoms with Gasteiger partial charge in [0.2, 0.25) is 0 Å². The van der Waals surface area contributed by atoms with Gasteiger partial charge in [-0.2, -0.15) is 23.7 Å². The van der Waals surface area contributed by atoms with E-state index in [1.165, 1.54) is 27.3 Å². The van der Waals surface area contributed by atoms with E-state index >= 15 is 0 Å². The zero-order valence-corrected chi connectivity index (χ0v) is 63.6. The molecule has 0 amide bonds. The number of nitrogens with zero attached hydrogens (tertiary/aromatic N) is 6. The number of nitro groups is 2. The number of ether oxygens (including phenoxy) is 4. The number of carboxylic acid groups (broad SMARTS) is 1. The molecule has 26 heteroatoms. The molecule has 2 heterocycles. The van der Waals surface area contributed by atoms with Gasteiger partial charge in [-0.05, 0) is 226 Å². The second-order valence-electron chi connectivity index (χ2n) is 23.9. The number of alkyl halides is 3. The molecular formula is C78H94F3IN8O14. The Morgan fingerprint density at radius 3 is 1.25 bits per heavy atom. The number of carbonyl (C=O) groups excluding carboxylic acids is 4. The summed E-state index contributed by atoms with van der Waals surface area (Å²) in [6.45, 7) is 30.3. The van der Waals surface area contributed by atoms with Crippen molar-refractivity contribution in [1.29, 1.82) is 10.5 Å². The molecule has 0 radical (unpaired) electrons. The van der Waals surface area contributed by atoms with E-state index in [-0.39, 0.29) is 64.5 Å². The molecule has 5 atom stereocenters. The molecule has 7 aromatic rings. The van der Waals surface area contributed by atoms with Crippen LogP contribution in [0.4, 0.5) is 36.1 Å². The zero-order valence-electron chi connectivity index (χ0n) is 61.5. The number of hydrogen-bond donors (Lipinski definition) is 3. The molecule has 6 aromatic carbocycles. The van der Waals surface area contributed by atoms with Crippen molar-refractivity contribution in [3.05, 3.63) is 235 Å². The normalized spacial score (nSPS) is 12.5. The molecule has 104 heavy (non-hydrogen) atoms. The summed E-state index contributed by atoms with van der Waals surface area (Å²) < 4.78 is 58.7. The molecule has 0 saturated carbocycles. The molecule has 5 unspecified atom stereocenters. The summed E-state index contributed by atoms with van der Waals surface area (Å²) in [6, 6.07) is 40.0. The number of aryl methyl sites for hydroxylation is 6. The van der Waals surface area contributed by atoms with Crippen LogP contribution in [0.3, 0.4) is 0 Å². The van der Waals surface area contributed by atoms with Crippen LogP contribution in [0.25, 0.3) is 0 Å². The van der Waals surface area contributed by atoms with Crippen molar-refractivity contribution in [3.63, 3.8) is 0 Å². The number of hydrogen-bond acceptors (Lipinski definition) is 19. The summed E-state index contributed by atoms with van der Waals surface area (Å²) in [5.74, 6) is -2.99. The van der Waals surface area contributed by atoms with Gasteiger partial charge in [0.05, 0.1) is 89.1 Å². The van der Waals surface area contributed by atoms with Gasteiger partial charge < -0.3 is 40.4 Å². The van der Waals surface area contributed by atoms with Gasteiger partial charge in [0.15, 0.2) is 0 Å². The van der Waals surface area contributed by atoms with Gasteiger partial charge in [0.25, 0.3) is 11.4 Å². The maximum Gasteiger partial charge on any atom is 0.433 e. The van der Waals surface area contributed by atoms with Crippen LogP contribution >= 0.6 is 22.6 Å². The molecule has 0 spiro atoms. The fourth-order valence-electron chi connectivity index (χ4n) is 9.74. The number of aliphatic carboxylic acids is 1. The Bertz CT molecular complexity index is 4060. The van der Waals surface area contributed by atoms with Crippen molar-refractivity contribution < 1.29 is 71.0 Å². The summed E-state index contributed by atoms with van der Waals surface area (Å²) >= 11 is 2.28. The molecule has 5 N–H and O–H groups in total. The van der Waals surface area contributed by atoms with Crippen LogP contribution in [0.5, 0.6) is 0 Å². The van der Waals surface area contributed by atoms with E-state index in [9.17, 15) is 57.4 Å². The highest BCUT2D eigenvalue weighted by Gasteiger charge is 2.34. The van der Waals surface area contributed by atoms with Crippen molar-refractivity contribution >= 4 is 75.3 Å². The largest absolute Gasteiger partial charge is 0.481 e. The number of nitrogens with two attached hydrogens (primary N) is 2. The molecule has 1 fully saturated rings. The molecule has 1 aliphatic rings. The van der Waals surface area contributed by atoms with E-state index < -0.39 is 34.6 Å². The number of aromatic nitrogens is 1. The molecule has 0 bridgehead atoms. The van der Waals surface area contributed by atoms with Gasteiger partial charge >= 0.3 is 36.0 Å². The van der Waals surface area contributed by atoms with Crippen LogP contribution in [0.15, 0.2) is 127 Å². The van der Waals surface area contributed by atoms with E-state index in [1.54, 1.807) is 123 Å². The number of esters is 4. The number of nitrogen functional groups attached to an aromatic ring is 1. The summed E-state index contributed by atoms with van der Waals surface area (Å²) in [4.78, 5) is 82.4. The first-order valence-electron chi connectivity index (χ1n) is 33.5. The summed E-state index contributed by atoms with van der Waals surface area (Å²) in [6.07, 6.45) is -2.43. The molecule has 1 aliphatic heterocycles. The zero-order chi connectivity index (χ0) is 78.7. The van der Waals surface area contributed by atoms with E-state index in [1.807, 2.05) is 95.0 Å². The number of nitriles is 2. The summed E-state index contributed by atoms with van der Waals surface area (Å²) in [5.41, 5.74) is 22.7. The number of benzene rings is 6. The molecule has 1 saturated heterocycles. The van der Waals surface area contributed by atoms with Crippen molar-refractivity contribution in [2.24, 2.45) is 5.73 Å². The maximum atomic E-state index is 12.6. The Balaban J connectivity index is 0.000000414. The standard InChI is InChI=1S/C13H15NO2.C12H15IO2.C12H15NO4.C12H17NO2.C11H14F3N3.C11H11NO2.C7H7NO2/c1-4-16-13(15)10(3)11-5-6-12(8-14)9(2)7-11;1-4-15-12(14)9(3)10-5-6-11(13)8(2)7-10;1-4-17-12(14)9(3)10-5-6-11(13(15)16)8(2)7-10;1-4-15-12(14)9(3)10-5-6-11(13)8(2)7-10;12-11(13,14)9-4-3-8(7-15)10(16-9)17-5-1-2-6-17;1-7-5-9(8(2)11(13)14)3-4-10(7)6-12;1-6-4-2-3-5-7(6)8(9)10/h5-7,10H,4H2,1-3H3;5-7,9H,4H2,1-3H3;5-7,9H,4H2,1-3H3;5-7,9H,4,13H2,1-3H3;3-4H,1-2,5-7,15H2;3-5,8H,1-2H3,(H,13,14);2-5H,1H3. The van der Waals surface area contributed by atoms with Crippen molar-refractivity contribution in [1.82, 2.24) is 4.98 Å². The van der Waals surface area contributed by atoms with Crippen molar-refractivity contribution in [2.75, 3.05) is 50.2 Å². The highest BCUT2D eigenvalue weighted by atomic mass is 127. The van der Waals surface area contributed by atoms with Gasteiger partial charge in [-0.15, -0.1) is 0 Å². The predicted octanol–water partition coefficient (Wildman–Crippen LogP) is 16.7. The smallest absolute Gasteiger partial charge is 0.433 e. The van der Waals surface area contributed by atoms with Gasteiger partial charge in [-0.25, -0.2) is 4.98 Å². The minimum Gasteiger partial charge on any atom is -0.481 e. The second kappa shape index (κ2) is 44.9. The van der Waals surface area contributed by atoms with Crippen LogP contribution in [-0.4, -0.2) is 89.3 Å². The quantitative estimate of drug-likeness (QED) is 0.0179. The molecule has 1 aromatic heterocycles. The van der Waals surface area contributed by atoms with Crippen LogP contribution in [0.2, 0.25) is 0 Å². The van der Waals surface area contributed by atoms with Crippen molar-refractivity contribution in [2.45, 2.75) is 159 Å². The lowest BCUT2D eigenvalue weighted by Crippen LogP contribution is -2.23. The number of halogens is 4. The average Bonchev–Trinajstić information content (AvgIpc) is 1.39. The van der Waals surface area contributed by atoms with Crippen molar-refractivity contribution in [3.8, 4) is 12.1 Å². The number of para-hydroxylation sites is 1. The van der Waals surface area contributed by atoms with Crippen LogP contribution < -0.4 is 16.4 Å². The van der Waals surface area contributed by atoms with Crippen LogP contribution in [-0.2, 0) is 55.6 Å². The molecule has 558 valence electrons. The third kappa shape index (κ3) is 28.8. The lowest BCUT2D eigenvalue weighted by atomic mass is 9.97. The minimum absolute atomic E-state index is 0.0600. The molecule has 0 aliphatic carbocycles. The van der Waals surface area contributed by atoms with E-state index in [2.05, 4.69) is 33.6 Å². The highest BCUT2D eigenvalue weighted by molar-refractivity contribution is 14.1. The van der Waals surface area contributed by atoms with Crippen LogP contribution in [0, 0.1) is 88.0 Å². The van der Waals surface area contributed by atoms with Gasteiger partial charge in [0.1, 0.15) is 11.5 Å². The SMILES string of the molecule is CCOC(=O)C(C)c1ccc(C#N)c(C)c1.CCOC(=O)C(C)c1ccc(I)c(C)c1.CCOC(=O)C(C)c1ccc(N)c(C)c1.CCOC(=O)C(C)c1ccc([N+](=O)[O-])c(C)c1.Cc1cc(C(C)C(=O)O)ccc1C#N.Cc1ccccc1[N+](=O)[O-].NCc1ccc(C(F)(F)F)nc1N1CCCC1. The average molecular weight is 1550 g/mol. The number of pyridine rings is 1. The number of carbonyl (C=O) groups is 5. The summed E-state index contributed by atoms with van der Waals surface area (Å²) in [7, 11) is 0. The number of rotatable bonds is 18. The Morgan fingerprint density at radius 1 is 0.548 bits per heavy atom. The van der Waals surface area contributed by atoms with Crippen LogP contribution in [0.1, 0.15) is 188 Å². The first-order chi connectivity index (χ1) is 49.0. The lowest BCUT2D eigenvalue weighted by molar-refractivity contribution is -0.385. The van der Waals surface area contributed by atoms with E-state index in [0.29, 0.717) is 60.1 Å². The third-order valence-electron chi connectivity index (χ3n) is 16.3. The highest BCUT2D eigenvalue weighted by Crippen LogP contribution is 2.32. The monoisotopic (exact) mass is 1550 g/mol. The number of nitro benzene ring substituents is 2.